The van der Waals surface area contributed by atoms with Gasteiger partial charge in [0.1, 0.15) is 5.60 Å². The summed E-state index contributed by atoms with van der Waals surface area (Å²) in [7, 11) is 0. The average molecular weight is 419 g/mol. The third kappa shape index (κ3) is 3.12. The molecule has 166 valence electrons. The molecule has 2 aliphatic heterocycles. The molecule has 6 heteroatoms. The first-order valence-electron chi connectivity index (χ1n) is 11.9. The minimum Gasteiger partial charge on any atom is -0.459 e. The highest BCUT2D eigenvalue weighted by molar-refractivity contribution is 5.99. The molecular formula is C24H34O6. The van der Waals surface area contributed by atoms with Crippen molar-refractivity contribution in [3.05, 3.63) is 0 Å². The second-order valence-electron chi connectivity index (χ2n) is 10.9. The Balaban J connectivity index is 1.34. The summed E-state index contributed by atoms with van der Waals surface area (Å²) in [6.07, 6.45) is 7.42. The Labute approximate surface area is 178 Å². The molecule has 0 spiro atoms. The third-order valence-electron chi connectivity index (χ3n) is 9.15. The lowest BCUT2D eigenvalue weighted by Crippen LogP contribution is -2.58. The highest BCUT2D eigenvalue weighted by Gasteiger charge is 2.59. The van der Waals surface area contributed by atoms with Crippen molar-refractivity contribution in [3.8, 4) is 0 Å². The predicted molar refractivity (Wildman–Crippen MR) is 107 cm³/mol. The van der Waals surface area contributed by atoms with Gasteiger partial charge in [-0.3, -0.25) is 14.4 Å². The molecule has 4 saturated carbocycles. The Bertz CT molecular complexity index is 716. The quantitative estimate of drug-likeness (QED) is 0.513. The Morgan fingerprint density at radius 2 is 1.70 bits per heavy atom. The zero-order valence-corrected chi connectivity index (χ0v) is 18.3. The summed E-state index contributed by atoms with van der Waals surface area (Å²) in [6, 6.07) is 0. The summed E-state index contributed by atoms with van der Waals surface area (Å²) in [5.41, 5.74) is -0.449. The van der Waals surface area contributed by atoms with Crippen molar-refractivity contribution >= 4 is 17.9 Å². The average Bonchev–Trinajstić information content (AvgIpc) is 2.99. The summed E-state index contributed by atoms with van der Waals surface area (Å²) in [4.78, 5) is 38.5. The van der Waals surface area contributed by atoms with E-state index in [4.69, 9.17) is 14.2 Å². The molecule has 0 amide bonds. The van der Waals surface area contributed by atoms with E-state index < -0.39 is 35.3 Å². The number of cyclic esters (lactones) is 2. The van der Waals surface area contributed by atoms with Gasteiger partial charge in [0.15, 0.2) is 0 Å². The van der Waals surface area contributed by atoms with Crippen LogP contribution in [0, 0.1) is 47.3 Å². The van der Waals surface area contributed by atoms with Crippen LogP contribution < -0.4 is 0 Å². The summed E-state index contributed by atoms with van der Waals surface area (Å²) in [6.45, 7) is 6.43. The van der Waals surface area contributed by atoms with Crippen molar-refractivity contribution in [2.75, 3.05) is 6.61 Å². The highest BCUT2D eigenvalue weighted by Crippen LogP contribution is 2.59. The molecule has 6 fully saturated rings. The van der Waals surface area contributed by atoms with E-state index in [0.29, 0.717) is 18.4 Å². The minimum atomic E-state index is -0.823. The Morgan fingerprint density at radius 1 is 1.07 bits per heavy atom. The van der Waals surface area contributed by atoms with Gasteiger partial charge < -0.3 is 14.2 Å². The van der Waals surface area contributed by atoms with Crippen LogP contribution in [0.5, 0.6) is 0 Å². The molecule has 0 aromatic heterocycles. The van der Waals surface area contributed by atoms with Gasteiger partial charge in [-0.25, -0.2) is 0 Å². The monoisotopic (exact) mass is 418 g/mol. The van der Waals surface area contributed by atoms with E-state index in [0.717, 1.165) is 50.4 Å². The summed E-state index contributed by atoms with van der Waals surface area (Å²) in [5, 5.41) is 0. The molecule has 2 saturated heterocycles. The van der Waals surface area contributed by atoms with Crippen LogP contribution >= 0.6 is 0 Å². The molecule has 0 aromatic carbocycles. The van der Waals surface area contributed by atoms with E-state index in [2.05, 4.69) is 6.92 Å². The van der Waals surface area contributed by atoms with Gasteiger partial charge in [-0.1, -0.05) is 13.8 Å². The van der Waals surface area contributed by atoms with Crippen molar-refractivity contribution in [1.29, 1.82) is 0 Å². The summed E-state index contributed by atoms with van der Waals surface area (Å²) in [5.74, 6) is -1.24. The minimum absolute atomic E-state index is 0.148. The van der Waals surface area contributed by atoms with Gasteiger partial charge >= 0.3 is 17.9 Å². The number of hydrogen-bond donors (Lipinski definition) is 0. The van der Waals surface area contributed by atoms with Crippen molar-refractivity contribution in [3.63, 3.8) is 0 Å². The van der Waals surface area contributed by atoms with Crippen LogP contribution in [0.15, 0.2) is 0 Å². The largest absolute Gasteiger partial charge is 0.459 e. The topological polar surface area (TPSA) is 78.9 Å². The maximum absolute atomic E-state index is 13.3. The molecule has 6 rings (SSSR count). The first kappa shape index (κ1) is 20.5. The molecule has 5 atom stereocenters. The smallest absolute Gasteiger partial charge is 0.320 e. The maximum atomic E-state index is 13.3. The first-order valence-corrected chi connectivity index (χ1v) is 11.9. The van der Waals surface area contributed by atoms with Crippen LogP contribution in [0.1, 0.15) is 65.7 Å². The molecule has 4 aliphatic carbocycles. The fourth-order valence-electron chi connectivity index (χ4n) is 7.54. The number of hydrogen-bond acceptors (Lipinski definition) is 6. The van der Waals surface area contributed by atoms with E-state index in [1.165, 1.54) is 6.42 Å². The molecule has 30 heavy (non-hydrogen) atoms. The van der Waals surface area contributed by atoms with Crippen LogP contribution in [0.4, 0.5) is 0 Å². The number of carbonyl (C=O) groups excluding carboxylic acids is 3. The molecule has 2 heterocycles. The van der Waals surface area contributed by atoms with Gasteiger partial charge in [0.2, 0.25) is 0 Å². The molecule has 0 aromatic rings. The van der Waals surface area contributed by atoms with E-state index in [9.17, 15) is 14.4 Å². The first-order chi connectivity index (χ1) is 14.3. The number of rotatable bonds is 4. The van der Waals surface area contributed by atoms with E-state index in [1.54, 1.807) is 6.92 Å². The number of carbonyl (C=O) groups is 3. The van der Waals surface area contributed by atoms with Crippen molar-refractivity contribution < 1.29 is 28.6 Å². The van der Waals surface area contributed by atoms with Crippen molar-refractivity contribution in [2.24, 2.45) is 47.3 Å². The standard InChI is InChI=1S/C24H34O6/c1-12-5-4-6-28-20(12)19-18(22(26)29-23(19)27)13(2)21(25)30-24(3)16-8-14-7-15(10-16)11-17(24)9-14/h12-20H,4-11H2,1-3H3. The molecule has 4 bridgehead atoms. The second-order valence-corrected chi connectivity index (χ2v) is 10.9. The molecule has 0 N–H and O–H groups in total. The fourth-order valence-corrected chi connectivity index (χ4v) is 7.54. The molecule has 5 unspecified atom stereocenters. The van der Waals surface area contributed by atoms with Crippen LogP contribution in [0.2, 0.25) is 0 Å². The van der Waals surface area contributed by atoms with E-state index in [-0.39, 0.29) is 18.0 Å². The van der Waals surface area contributed by atoms with Crippen molar-refractivity contribution in [2.45, 2.75) is 77.4 Å². The zero-order valence-electron chi connectivity index (χ0n) is 18.3. The zero-order chi connectivity index (χ0) is 21.2. The number of esters is 3. The maximum Gasteiger partial charge on any atom is 0.320 e. The molecular weight excluding hydrogens is 384 g/mol. The van der Waals surface area contributed by atoms with Crippen LogP contribution in [-0.2, 0) is 28.6 Å². The molecule has 6 nitrogen and oxygen atoms in total. The number of ether oxygens (including phenoxy) is 3. The lowest BCUT2D eigenvalue weighted by Gasteiger charge is -2.59. The molecule has 0 radical (unpaired) electrons. The predicted octanol–water partition coefficient (Wildman–Crippen LogP) is 3.51. The van der Waals surface area contributed by atoms with E-state index >= 15 is 0 Å². The normalized spacial score (nSPS) is 48.5. The van der Waals surface area contributed by atoms with Gasteiger partial charge in [-0.15, -0.1) is 0 Å². The highest BCUT2D eigenvalue weighted by atomic mass is 16.6. The summed E-state index contributed by atoms with van der Waals surface area (Å²) < 4.78 is 17.1. The van der Waals surface area contributed by atoms with Gasteiger partial charge in [-0.05, 0) is 81.5 Å². The Kier molecular flexibility index (Phi) is 4.99. The molecule has 6 aliphatic rings. The van der Waals surface area contributed by atoms with Crippen LogP contribution in [0.3, 0.4) is 0 Å². The second kappa shape index (κ2) is 7.32. The van der Waals surface area contributed by atoms with Crippen LogP contribution in [0.25, 0.3) is 0 Å². The Morgan fingerprint density at radius 3 is 2.30 bits per heavy atom. The SMILES string of the molecule is CC1CCCOC1C1C(=O)OC(=O)C1C(C)C(=O)OC1(C)C2CC3CC(C2)CC1C3. The summed E-state index contributed by atoms with van der Waals surface area (Å²) >= 11 is 0. The van der Waals surface area contributed by atoms with E-state index in [1.807, 2.05) is 6.92 Å². The van der Waals surface area contributed by atoms with Gasteiger partial charge in [0.05, 0.1) is 23.9 Å². The lowest BCUT2D eigenvalue weighted by molar-refractivity contribution is -0.209. The van der Waals surface area contributed by atoms with Gasteiger partial charge in [0, 0.05) is 6.61 Å². The van der Waals surface area contributed by atoms with Crippen molar-refractivity contribution in [1.82, 2.24) is 0 Å². The Hall–Kier alpha value is -1.43. The van der Waals surface area contributed by atoms with Gasteiger partial charge in [0.25, 0.3) is 0 Å². The van der Waals surface area contributed by atoms with Gasteiger partial charge in [-0.2, -0.15) is 0 Å². The lowest BCUT2D eigenvalue weighted by atomic mass is 9.50. The fraction of sp³-hybridized carbons (Fsp3) is 0.875. The third-order valence-corrected chi connectivity index (χ3v) is 9.15. The van der Waals surface area contributed by atoms with Crippen LogP contribution in [-0.4, -0.2) is 36.2 Å².